The van der Waals surface area contributed by atoms with Gasteiger partial charge in [-0.2, -0.15) is 0 Å². The average Bonchev–Trinajstić information content (AvgIpc) is 4.19. The number of anilines is 6. The van der Waals surface area contributed by atoms with E-state index >= 15 is 0 Å². The lowest BCUT2D eigenvalue weighted by atomic mass is 9.84. The molecule has 3 heterocycles. The molecule has 0 atom stereocenters. The molecule has 0 amide bonds. The van der Waals surface area contributed by atoms with Crippen LogP contribution in [0.1, 0.15) is 140 Å². The van der Waals surface area contributed by atoms with Crippen molar-refractivity contribution < 1.29 is 13.3 Å². The summed E-state index contributed by atoms with van der Waals surface area (Å²) in [5.41, 5.74) is 16.6. The zero-order valence-electron chi connectivity index (χ0n) is 45.5. The number of para-hydroxylation sites is 4. The summed E-state index contributed by atoms with van der Waals surface area (Å²) in [6.45, 7) is 13.6. The molecule has 0 N–H and O–H groups in total. The molecule has 0 saturated heterocycles. The van der Waals surface area contributed by atoms with Gasteiger partial charge in [0.15, 0.2) is 11.2 Å². The molecule has 384 valence electrons. The molecule has 2 aliphatic carbocycles. The number of furan rings is 3. The molecule has 14 rings (SSSR count). The Balaban J connectivity index is 0.966. The highest BCUT2D eigenvalue weighted by Crippen LogP contribution is 2.51. The Morgan fingerprint density at radius 1 is 0.338 bits per heavy atom. The van der Waals surface area contributed by atoms with Crippen molar-refractivity contribution in [3.63, 3.8) is 0 Å². The summed E-state index contributed by atoms with van der Waals surface area (Å²) in [6.07, 6.45) is 12.9. The third kappa shape index (κ3) is 8.10. The number of hydrogen-bond acceptors (Lipinski definition) is 5. The van der Waals surface area contributed by atoms with E-state index in [1.54, 1.807) is 0 Å². The maximum atomic E-state index is 7.26. The summed E-state index contributed by atoms with van der Waals surface area (Å²) >= 11 is 0. The third-order valence-corrected chi connectivity index (χ3v) is 17.5. The first-order valence-corrected chi connectivity index (χ1v) is 28.5. The second kappa shape index (κ2) is 18.5. The van der Waals surface area contributed by atoms with Crippen molar-refractivity contribution in [3.8, 4) is 0 Å². The summed E-state index contributed by atoms with van der Waals surface area (Å²) in [5.74, 6) is 1.21. The van der Waals surface area contributed by atoms with Gasteiger partial charge in [-0.3, -0.25) is 0 Å². The maximum absolute atomic E-state index is 7.26. The molecular formula is C72H68N2O3. The zero-order chi connectivity index (χ0) is 52.2. The Morgan fingerprint density at radius 2 is 0.779 bits per heavy atom. The van der Waals surface area contributed by atoms with E-state index in [1.807, 2.05) is 0 Å². The molecule has 3 aromatic heterocycles. The maximum Gasteiger partial charge on any atom is 0.159 e. The molecule has 2 aliphatic rings. The van der Waals surface area contributed by atoms with Crippen LogP contribution in [0.4, 0.5) is 34.1 Å². The van der Waals surface area contributed by atoms with Crippen molar-refractivity contribution in [1.82, 2.24) is 0 Å². The first kappa shape index (κ1) is 47.7. The van der Waals surface area contributed by atoms with Gasteiger partial charge in [0, 0.05) is 72.3 Å². The molecule has 2 fully saturated rings. The van der Waals surface area contributed by atoms with Crippen LogP contribution in [0.5, 0.6) is 0 Å². The minimum Gasteiger partial charge on any atom is -0.456 e. The van der Waals surface area contributed by atoms with Crippen molar-refractivity contribution in [2.75, 3.05) is 9.80 Å². The van der Waals surface area contributed by atoms with Crippen LogP contribution >= 0.6 is 0 Å². The normalized spacial score (nSPS) is 15.3. The molecule has 2 saturated carbocycles. The highest BCUT2D eigenvalue weighted by atomic mass is 16.3. The summed E-state index contributed by atoms with van der Waals surface area (Å²) in [7, 11) is 0. The quantitative estimate of drug-likeness (QED) is 0.152. The Morgan fingerprint density at radius 3 is 1.30 bits per heavy atom. The van der Waals surface area contributed by atoms with Crippen LogP contribution in [-0.2, 0) is 10.8 Å². The predicted molar refractivity (Wildman–Crippen MR) is 324 cm³/mol. The van der Waals surface area contributed by atoms with Crippen LogP contribution < -0.4 is 9.80 Å². The minimum atomic E-state index is -0.0995. The molecule has 0 aliphatic heterocycles. The number of benzene rings is 9. The molecule has 77 heavy (non-hydrogen) atoms. The van der Waals surface area contributed by atoms with Gasteiger partial charge < -0.3 is 23.1 Å². The minimum absolute atomic E-state index is 0.0916. The number of hydrogen-bond donors (Lipinski definition) is 0. The van der Waals surface area contributed by atoms with Crippen LogP contribution in [0.2, 0.25) is 0 Å². The predicted octanol–water partition coefficient (Wildman–Crippen LogP) is 22.2. The SMILES string of the molecule is CC(C)(C)c1cccc2c1oc1c(N(c3ccc(C4CCCCC4)cc3)c3ccc4c(c3)oc3cc(N(c5ccc(C6CCCCC6)cc5)c5cccc6c5oc5c(C(C)(C)C)cccc56)c5ccccc5c34)cccc12. The second-order valence-corrected chi connectivity index (χ2v) is 24.5. The van der Waals surface area contributed by atoms with Gasteiger partial charge >= 0.3 is 0 Å². The van der Waals surface area contributed by atoms with Gasteiger partial charge in [-0.15, -0.1) is 0 Å². The molecule has 5 nitrogen and oxygen atoms in total. The Hall–Kier alpha value is -7.76. The second-order valence-electron chi connectivity index (χ2n) is 24.5. The molecule has 12 aromatic rings. The monoisotopic (exact) mass is 1010 g/mol. The lowest BCUT2D eigenvalue weighted by Gasteiger charge is -2.28. The van der Waals surface area contributed by atoms with Gasteiger partial charge in [0.2, 0.25) is 0 Å². The molecule has 0 bridgehead atoms. The number of nitrogens with zero attached hydrogens (tertiary/aromatic N) is 2. The van der Waals surface area contributed by atoms with E-state index in [-0.39, 0.29) is 10.8 Å². The van der Waals surface area contributed by atoms with E-state index in [9.17, 15) is 0 Å². The van der Waals surface area contributed by atoms with Gasteiger partial charge in [-0.1, -0.05) is 189 Å². The first-order chi connectivity index (χ1) is 37.5. The molecule has 0 unspecified atom stereocenters. The average molecular weight is 1010 g/mol. The van der Waals surface area contributed by atoms with Crippen LogP contribution in [-0.4, -0.2) is 0 Å². The van der Waals surface area contributed by atoms with Crippen LogP contribution in [0.15, 0.2) is 183 Å². The van der Waals surface area contributed by atoms with E-state index < -0.39 is 0 Å². The fraction of sp³-hybridized carbons (Fsp3) is 0.278. The first-order valence-electron chi connectivity index (χ1n) is 28.5. The van der Waals surface area contributed by atoms with Crippen molar-refractivity contribution in [3.05, 3.63) is 192 Å². The van der Waals surface area contributed by atoms with Crippen molar-refractivity contribution in [2.45, 2.75) is 128 Å². The lowest BCUT2D eigenvalue weighted by molar-refractivity contribution is 0.443. The van der Waals surface area contributed by atoms with Crippen molar-refractivity contribution in [2.24, 2.45) is 0 Å². The molecular weight excluding hydrogens is 941 g/mol. The van der Waals surface area contributed by atoms with Crippen molar-refractivity contribution >= 4 is 111 Å². The Kier molecular flexibility index (Phi) is 11.4. The van der Waals surface area contributed by atoms with E-state index in [0.29, 0.717) is 11.8 Å². The zero-order valence-corrected chi connectivity index (χ0v) is 45.5. The smallest absolute Gasteiger partial charge is 0.159 e. The van der Waals surface area contributed by atoms with E-state index in [1.165, 1.54) is 86.5 Å². The van der Waals surface area contributed by atoms with Gasteiger partial charge in [0.1, 0.15) is 22.3 Å². The fourth-order valence-electron chi connectivity index (χ4n) is 13.6. The standard InChI is InChI=1S/C72H68N2O3/c1-71(2,3)59-29-15-25-54-56-27-17-31-61(69(56)76-67(54)59)73(49-37-33-47(34-38-49)45-19-9-7-10-20-45)51-41-42-58-64(43-51)75-65-44-63(52-23-13-14-24-53(52)66(58)65)74(50-39-35-48(36-40-50)46-21-11-8-12-22-46)62-32-18-28-57-55-26-16-30-60(72(4,5)6)68(55)77-70(57)62/h13-18,23-46H,7-12,19-22H2,1-6H3. The highest BCUT2D eigenvalue weighted by Gasteiger charge is 2.29. The Labute approximate surface area is 452 Å². The van der Waals surface area contributed by atoms with Crippen LogP contribution in [0, 0.1) is 0 Å². The van der Waals surface area contributed by atoms with Gasteiger partial charge in [-0.05, 0) is 113 Å². The molecule has 0 radical (unpaired) electrons. The number of rotatable bonds is 8. The van der Waals surface area contributed by atoms with Crippen molar-refractivity contribution in [1.29, 1.82) is 0 Å². The van der Waals surface area contributed by atoms with Crippen LogP contribution in [0.3, 0.4) is 0 Å². The summed E-state index contributed by atoms with van der Waals surface area (Å²) in [5, 5.41) is 8.94. The molecule has 5 heteroatoms. The third-order valence-electron chi connectivity index (χ3n) is 17.5. The van der Waals surface area contributed by atoms with E-state index in [2.05, 4.69) is 221 Å². The van der Waals surface area contributed by atoms with Gasteiger partial charge in [0.05, 0.1) is 22.7 Å². The summed E-state index contributed by atoms with van der Waals surface area (Å²) in [6, 6.07) is 63.1. The summed E-state index contributed by atoms with van der Waals surface area (Å²) in [4.78, 5) is 4.80. The van der Waals surface area contributed by atoms with Gasteiger partial charge in [0.25, 0.3) is 0 Å². The topological polar surface area (TPSA) is 45.9 Å². The number of fused-ring (bicyclic) bond motifs is 11. The lowest BCUT2D eigenvalue weighted by Crippen LogP contribution is -2.11. The van der Waals surface area contributed by atoms with E-state index in [0.717, 1.165) is 111 Å². The molecule has 0 spiro atoms. The molecule has 9 aromatic carbocycles. The Bertz CT molecular complexity index is 4200. The largest absolute Gasteiger partial charge is 0.456 e. The summed E-state index contributed by atoms with van der Waals surface area (Å²) < 4.78 is 21.5. The highest BCUT2D eigenvalue weighted by molar-refractivity contribution is 6.23. The van der Waals surface area contributed by atoms with E-state index in [4.69, 9.17) is 13.3 Å². The van der Waals surface area contributed by atoms with Gasteiger partial charge in [-0.25, -0.2) is 0 Å². The van der Waals surface area contributed by atoms with Crippen LogP contribution in [0.25, 0.3) is 76.6 Å². The fourth-order valence-corrected chi connectivity index (χ4v) is 13.6.